The summed E-state index contributed by atoms with van der Waals surface area (Å²) in [6, 6.07) is 8.65. The highest BCUT2D eigenvalue weighted by molar-refractivity contribution is 5.70. The summed E-state index contributed by atoms with van der Waals surface area (Å²) in [5.74, 6) is -0.216. The van der Waals surface area contributed by atoms with Crippen molar-refractivity contribution in [2.24, 2.45) is 0 Å². The number of H-pyrrole nitrogens is 1. The lowest BCUT2D eigenvalue weighted by Gasteiger charge is -2.08. The second kappa shape index (κ2) is 8.47. The van der Waals surface area contributed by atoms with Crippen LogP contribution >= 0.6 is 0 Å². The number of pyridine rings is 1. The molecule has 0 saturated carbocycles. The zero-order valence-electron chi connectivity index (χ0n) is 12.0. The molecule has 0 atom stereocenters. The number of hydrogen-bond acceptors (Lipinski definition) is 4. The van der Waals surface area contributed by atoms with E-state index in [9.17, 15) is 22.8 Å². The molecule has 0 aliphatic heterocycles. The quantitative estimate of drug-likeness (QED) is 0.753. The minimum atomic E-state index is -4.62. The number of hydrogen-bond donors (Lipinski definition) is 3. The molecular weight excluding hydrogens is 315 g/mol. The van der Waals surface area contributed by atoms with Crippen molar-refractivity contribution in [2.45, 2.75) is 6.36 Å². The van der Waals surface area contributed by atoms with Crippen LogP contribution in [-0.2, 0) is 4.79 Å². The number of carbonyl (C=O) groups is 1. The summed E-state index contributed by atoms with van der Waals surface area (Å²) in [5.41, 5.74) is 0.696. The number of aromatic amines is 1. The topological polar surface area (TPSA) is 83.2 Å². The monoisotopic (exact) mass is 329 g/mol. The minimum Gasteiger partial charge on any atom is -0.406 e. The maximum atomic E-state index is 11.7. The Morgan fingerprint density at radius 3 is 2.30 bits per heavy atom. The number of ether oxygens (including phenoxy) is 1. The Morgan fingerprint density at radius 1 is 1.17 bits per heavy atom. The van der Waals surface area contributed by atoms with Crippen LogP contribution < -0.4 is 20.9 Å². The van der Waals surface area contributed by atoms with Crippen LogP contribution in [0.25, 0.3) is 0 Å². The number of halogens is 3. The van der Waals surface area contributed by atoms with Crippen molar-refractivity contribution in [3.63, 3.8) is 0 Å². The van der Waals surface area contributed by atoms with E-state index in [1.807, 2.05) is 0 Å². The van der Waals surface area contributed by atoms with Gasteiger partial charge in [0, 0.05) is 18.9 Å². The van der Waals surface area contributed by atoms with E-state index < -0.39 is 6.36 Å². The molecule has 0 aliphatic rings. The van der Waals surface area contributed by atoms with Gasteiger partial charge in [0.1, 0.15) is 11.4 Å². The first-order chi connectivity index (χ1) is 10.9. The molecule has 2 rings (SSSR count). The SMILES string of the molecule is CNc1ccc(OC(F)(F)F)cc1.O=CNc1ccc[nH]c1=O. The highest BCUT2D eigenvalue weighted by Gasteiger charge is 2.30. The van der Waals surface area contributed by atoms with Crippen LogP contribution in [0.5, 0.6) is 5.75 Å². The Labute approximate surface area is 129 Å². The fourth-order valence-corrected chi connectivity index (χ4v) is 1.42. The van der Waals surface area contributed by atoms with E-state index in [-0.39, 0.29) is 17.0 Å². The van der Waals surface area contributed by atoms with Crippen LogP contribution in [-0.4, -0.2) is 24.8 Å². The number of nitrogens with one attached hydrogen (secondary N) is 3. The molecular formula is C14H14F3N3O3. The lowest BCUT2D eigenvalue weighted by Crippen LogP contribution is -2.16. The highest BCUT2D eigenvalue weighted by atomic mass is 19.4. The summed E-state index contributed by atoms with van der Waals surface area (Å²) >= 11 is 0. The molecule has 3 N–H and O–H groups in total. The Bertz CT molecular complexity index is 669. The van der Waals surface area contributed by atoms with Gasteiger partial charge in [0.2, 0.25) is 6.41 Å². The zero-order chi connectivity index (χ0) is 17.3. The van der Waals surface area contributed by atoms with Crippen LogP contribution in [0.4, 0.5) is 24.5 Å². The first kappa shape index (κ1) is 18.1. The molecule has 0 aliphatic carbocycles. The molecule has 0 unspecified atom stereocenters. The Morgan fingerprint density at radius 2 is 1.83 bits per heavy atom. The predicted octanol–water partition coefficient (Wildman–Crippen LogP) is 2.57. The Kier molecular flexibility index (Phi) is 6.66. The lowest BCUT2D eigenvalue weighted by molar-refractivity contribution is -0.274. The second-order valence-corrected chi connectivity index (χ2v) is 4.00. The van der Waals surface area contributed by atoms with E-state index in [1.165, 1.54) is 36.5 Å². The largest absolute Gasteiger partial charge is 0.573 e. The number of anilines is 2. The summed E-state index contributed by atoms with van der Waals surface area (Å²) in [6.45, 7) is 0. The van der Waals surface area contributed by atoms with E-state index in [4.69, 9.17) is 0 Å². The van der Waals surface area contributed by atoms with Gasteiger partial charge in [-0.15, -0.1) is 13.2 Å². The third kappa shape index (κ3) is 7.02. The summed E-state index contributed by atoms with van der Waals surface area (Å²) in [7, 11) is 1.68. The van der Waals surface area contributed by atoms with Gasteiger partial charge in [-0.3, -0.25) is 9.59 Å². The fourth-order valence-electron chi connectivity index (χ4n) is 1.42. The molecule has 1 heterocycles. The number of alkyl halides is 3. The average molecular weight is 329 g/mol. The number of aromatic nitrogens is 1. The fraction of sp³-hybridized carbons (Fsp3) is 0.143. The summed E-state index contributed by atoms with van der Waals surface area (Å²) in [5, 5.41) is 5.03. The molecule has 0 fully saturated rings. The van der Waals surface area contributed by atoms with Crippen molar-refractivity contribution in [1.29, 1.82) is 0 Å². The molecule has 0 bridgehead atoms. The van der Waals surface area contributed by atoms with Crippen molar-refractivity contribution < 1.29 is 22.7 Å². The molecule has 0 saturated heterocycles. The number of rotatable bonds is 4. The van der Waals surface area contributed by atoms with Gasteiger partial charge in [-0.25, -0.2) is 0 Å². The van der Waals surface area contributed by atoms with Crippen LogP contribution in [0, 0.1) is 0 Å². The van der Waals surface area contributed by atoms with Crippen molar-refractivity contribution in [2.75, 3.05) is 17.7 Å². The van der Waals surface area contributed by atoms with Crippen LogP contribution in [0.1, 0.15) is 0 Å². The maximum absolute atomic E-state index is 11.7. The van der Waals surface area contributed by atoms with E-state index in [0.717, 1.165) is 5.69 Å². The predicted molar refractivity (Wildman–Crippen MR) is 79.4 cm³/mol. The maximum Gasteiger partial charge on any atom is 0.573 e. The number of carbonyl (C=O) groups excluding carboxylic acids is 1. The van der Waals surface area contributed by atoms with Gasteiger partial charge in [0.25, 0.3) is 5.56 Å². The third-order valence-electron chi connectivity index (χ3n) is 2.41. The number of benzene rings is 1. The lowest BCUT2D eigenvalue weighted by atomic mass is 10.3. The van der Waals surface area contributed by atoms with Gasteiger partial charge >= 0.3 is 6.36 Å². The van der Waals surface area contributed by atoms with Crippen molar-refractivity contribution >= 4 is 17.8 Å². The molecule has 0 spiro atoms. The summed E-state index contributed by atoms with van der Waals surface area (Å²) in [6.07, 6.45) is -2.66. The molecule has 124 valence electrons. The van der Waals surface area contributed by atoms with E-state index >= 15 is 0 Å². The molecule has 0 radical (unpaired) electrons. The Hall–Kier alpha value is -2.97. The molecule has 6 nitrogen and oxygen atoms in total. The number of amides is 1. The zero-order valence-corrected chi connectivity index (χ0v) is 12.0. The minimum absolute atomic E-state index is 0.216. The molecule has 1 aromatic carbocycles. The Balaban J connectivity index is 0.000000238. The third-order valence-corrected chi connectivity index (χ3v) is 2.41. The first-order valence-electron chi connectivity index (χ1n) is 6.27. The molecule has 23 heavy (non-hydrogen) atoms. The highest BCUT2D eigenvalue weighted by Crippen LogP contribution is 2.23. The molecule has 1 aromatic heterocycles. The van der Waals surface area contributed by atoms with Crippen molar-refractivity contribution in [3.05, 3.63) is 52.9 Å². The van der Waals surface area contributed by atoms with Gasteiger partial charge in [0.15, 0.2) is 0 Å². The first-order valence-corrected chi connectivity index (χ1v) is 6.27. The molecule has 9 heteroatoms. The van der Waals surface area contributed by atoms with E-state index in [1.54, 1.807) is 13.1 Å². The van der Waals surface area contributed by atoms with E-state index in [2.05, 4.69) is 20.4 Å². The summed E-state index contributed by atoms with van der Waals surface area (Å²) in [4.78, 5) is 23.0. The second-order valence-electron chi connectivity index (χ2n) is 4.00. The van der Waals surface area contributed by atoms with Gasteiger partial charge in [0.05, 0.1) is 0 Å². The average Bonchev–Trinajstić information content (AvgIpc) is 2.50. The van der Waals surface area contributed by atoms with Gasteiger partial charge in [-0.2, -0.15) is 0 Å². The standard InChI is InChI=1S/C8H8F3NO.C6H6N2O2/c1-12-6-2-4-7(5-3-6)13-8(9,10)11;9-4-8-5-2-1-3-7-6(5)10/h2-5,12H,1H3;1-4H,(H,7,10)(H,8,9). The van der Waals surface area contributed by atoms with Crippen molar-refractivity contribution in [1.82, 2.24) is 4.98 Å². The van der Waals surface area contributed by atoms with Crippen LogP contribution in [0.2, 0.25) is 0 Å². The molecule has 2 aromatic rings. The van der Waals surface area contributed by atoms with Gasteiger partial charge in [-0.1, -0.05) is 0 Å². The molecule has 1 amide bonds. The van der Waals surface area contributed by atoms with Crippen LogP contribution in [0.15, 0.2) is 47.4 Å². The van der Waals surface area contributed by atoms with Crippen molar-refractivity contribution in [3.8, 4) is 5.75 Å². The summed E-state index contributed by atoms with van der Waals surface area (Å²) < 4.78 is 38.7. The van der Waals surface area contributed by atoms with Crippen LogP contribution in [0.3, 0.4) is 0 Å². The van der Waals surface area contributed by atoms with E-state index in [0.29, 0.717) is 6.41 Å². The van der Waals surface area contributed by atoms with Gasteiger partial charge in [-0.05, 0) is 36.4 Å². The van der Waals surface area contributed by atoms with Gasteiger partial charge < -0.3 is 20.4 Å². The normalized spacial score (nSPS) is 10.1. The smallest absolute Gasteiger partial charge is 0.406 e.